The number of pyridine rings is 3. The van der Waals surface area contributed by atoms with Gasteiger partial charge in [-0.05, 0) is 54.1 Å². The molecule has 162 valence electrons. The summed E-state index contributed by atoms with van der Waals surface area (Å²) >= 11 is 0. The summed E-state index contributed by atoms with van der Waals surface area (Å²) in [6.45, 7) is 0. The quantitative estimate of drug-likeness (QED) is 0.404. The van der Waals surface area contributed by atoms with Crippen LogP contribution in [0.25, 0.3) is 33.9 Å². The maximum Gasteiger partial charge on any atom is 0.336 e. The van der Waals surface area contributed by atoms with E-state index in [0.717, 1.165) is 12.1 Å². The van der Waals surface area contributed by atoms with E-state index in [-0.39, 0.29) is 11.1 Å². The molecule has 0 aliphatic carbocycles. The van der Waals surface area contributed by atoms with Crippen LogP contribution in [-0.2, 0) is 0 Å². The van der Waals surface area contributed by atoms with Crippen molar-refractivity contribution in [3.8, 4) is 33.9 Å². The second kappa shape index (κ2) is 8.67. The first-order chi connectivity index (χ1) is 15.8. The Hall–Kier alpha value is -4.92. The molecule has 4 rings (SSSR count). The maximum atomic E-state index is 11.9. The molecular weight excluding hydrogens is 426 g/mol. The van der Waals surface area contributed by atoms with Gasteiger partial charge in [0.15, 0.2) is 0 Å². The third kappa shape index (κ3) is 4.28. The van der Waals surface area contributed by atoms with E-state index in [9.17, 15) is 29.7 Å². The van der Waals surface area contributed by atoms with Crippen LogP contribution in [0.2, 0.25) is 0 Å². The van der Waals surface area contributed by atoms with Crippen LogP contribution < -0.4 is 0 Å². The lowest BCUT2D eigenvalue weighted by Crippen LogP contribution is -2.11. The molecule has 0 radical (unpaired) electrons. The average Bonchev–Trinajstić information content (AvgIpc) is 2.83. The van der Waals surface area contributed by atoms with Gasteiger partial charge in [0.1, 0.15) is 0 Å². The number of rotatable bonds is 6. The van der Waals surface area contributed by atoms with Crippen LogP contribution in [0.1, 0.15) is 31.1 Å². The van der Waals surface area contributed by atoms with Crippen LogP contribution in [0.5, 0.6) is 0 Å². The zero-order valence-electron chi connectivity index (χ0n) is 16.8. The molecule has 3 N–H and O–H groups in total. The van der Waals surface area contributed by atoms with Gasteiger partial charge in [-0.3, -0.25) is 9.97 Å². The minimum absolute atomic E-state index is 0.121. The molecule has 0 aliphatic heterocycles. The van der Waals surface area contributed by atoms with Crippen LogP contribution in [0, 0.1) is 0 Å². The minimum atomic E-state index is -1.45. The molecule has 0 saturated heterocycles. The number of aromatic nitrogens is 3. The van der Waals surface area contributed by atoms with Gasteiger partial charge in [-0.25, -0.2) is 19.4 Å². The predicted molar refractivity (Wildman–Crippen MR) is 117 cm³/mol. The number of carboxylic acids is 3. The Kier molecular flexibility index (Phi) is 5.60. The highest BCUT2D eigenvalue weighted by Gasteiger charge is 2.24. The fraction of sp³-hybridized carbons (Fsp3) is 0. The van der Waals surface area contributed by atoms with Crippen molar-refractivity contribution in [1.82, 2.24) is 15.0 Å². The third-order valence-corrected chi connectivity index (χ3v) is 4.83. The average molecular weight is 441 g/mol. The van der Waals surface area contributed by atoms with Gasteiger partial charge >= 0.3 is 17.9 Å². The molecule has 0 aliphatic rings. The Bertz CT molecular complexity index is 1370. The summed E-state index contributed by atoms with van der Waals surface area (Å²) in [6, 6.07) is 15.5. The Labute approximate surface area is 186 Å². The van der Waals surface area contributed by atoms with Crippen molar-refractivity contribution in [2.24, 2.45) is 0 Å². The molecule has 0 unspecified atom stereocenters. The van der Waals surface area contributed by atoms with Crippen molar-refractivity contribution < 1.29 is 29.7 Å². The molecule has 0 fully saturated rings. The van der Waals surface area contributed by atoms with Crippen LogP contribution in [0.3, 0.4) is 0 Å². The van der Waals surface area contributed by atoms with E-state index in [1.54, 1.807) is 36.5 Å². The van der Waals surface area contributed by atoms with Crippen molar-refractivity contribution in [1.29, 1.82) is 0 Å². The number of hydrogen-bond donors (Lipinski definition) is 3. The lowest BCUT2D eigenvalue weighted by molar-refractivity contribution is 0.0696. The number of nitrogens with zero attached hydrogens (tertiary/aromatic N) is 3. The number of hydrogen-bond acceptors (Lipinski definition) is 6. The number of carboxylic acid groups (broad SMARTS) is 3. The van der Waals surface area contributed by atoms with E-state index < -0.39 is 34.6 Å². The number of carbonyl (C=O) groups is 3. The van der Waals surface area contributed by atoms with E-state index >= 15 is 0 Å². The first-order valence-corrected chi connectivity index (χ1v) is 9.58. The molecule has 9 heteroatoms. The molecule has 3 aromatic heterocycles. The fourth-order valence-corrected chi connectivity index (χ4v) is 3.37. The molecule has 0 saturated carbocycles. The van der Waals surface area contributed by atoms with Gasteiger partial charge in [0.25, 0.3) is 0 Å². The summed E-state index contributed by atoms with van der Waals surface area (Å²) in [5, 5.41) is 28.6. The summed E-state index contributed by atoms with van der Waals surface area (Å²) in [5.41, 5.74) is 0.897. The van der Waals surface area contributed by atoms with Gasteiger partial charge in [0, 0.05) is 18.0 Å². The standard InChI is InChI=1S/C24H15N3O6/c28-22(29)14-10-15(23(30)31)21(16(11-14)24(32)33)13-7-9-26-20(12-13)19-6-3-5-18(27-19)17-4-1-2-8-25-17/h1-12H,(H,28,29)(H,30,31)(H,32,33). The predicted octanol–water partition coefficient (Wildman–Crippen LogP) is 3.97. The zero-order chi connectivity index (χ0) is 23.5. The van der Waals surface area contributed by atoms with Crippen molar-refractivity contribution >= 4 is 17.9 Å². The molecule has 1 aromatic carbocycles. The summed E-state index contributed by atoms with van der Waals surface area (Å²) < 4.78 is 0. The second-order valence-corrected chi connectivity index (χ2v) is 6.91. The second-order valence-electron chi connectivity index (χ2n) is 6.91. The lowest BCUT2D eigenvalue weighted by Gasteiger charge is -2.13. The number of aromatic carboxylic acids is 3. The van der Waals surface area contributed by atoms with E-state index in [4.69, 9.17) is 0 Å². The van der Waals surface area contributed by atoms with Gasteiger partial charge < -0.3 is 15.3 Å². The Balaban J connectivity index is 1.88. The smallest absolute Gasteiger partial charge is 0.336 e. The molecule has 9 nitrogen and oxygen atoms in total. The Morgan fingerprint density at radius 1 is 0.606 bits per heavy atom. The van der Waals surface area contributed by atoms with Gasteiger partial charge in [0.05, 0.1) is 39.5 Å². The molecule has 4 aromatic rings. The van der Waals surface area contributed by atoms with Gasteiger partial charge in [-0.2, -0.15) is 0 Å². The molecule has 3 heterocycles. The van der Waals surface area contributed by atoms with Crippen molar-refractivity contribution in [2.45, 2.75) is 0 Å². The fourth-order valence-electron chi connectivity index (χ4n) is 3.37. The highest BCUT2D eigenvalue weighted by atomic mass is 16.4. The zero-order valence-corrected chi connectivity index (χ0v) is 16.8. The van der Waals surface area contributed by atoms with Crippen LogP contribution in [0.15, 0.2) is 73.1 Å². The highest BCUT2D eigenvalue weighted by Crippen LogP contribution is 2.32. The van der Waals surface area contributed by atoms with E-state index in [1.807, 2.05) is 6.07 Å². The molecular formula is C24H15N3O6. The van der Waals surface area contributed by atoms with E-state index in [0.29, 0.717) is 22.8 Å². The van der Waals surface area contributed by atoms with Gasteiger partial charge in [0.2, 0.25) is 0 Å². The first-order valence-electron chi connectivity index (χ1n) is 9.58. The SMILES string of the molecule is O=C(O)c1cc(C(=O)O)c(-c2ccnc(-c3cccc(-c4ccccn4)n3)c2)c(C(=O)O)c1. The summed E-state index contributed by atoms with van der Waals surface area (Å²) in [6.07, 6.45) is 3.05. The topological polar surface area (TPSA) is 151 Å². The van der Waals surface area contributed by atoms with Crippen molar-refractivity contribution in [2.75, 3.05) is 0 Å². The van der Waals surface area contributed by atoms with E-state index in [1.165, 1.54) is 18.3 Å². The molecule has 0 amide bonds. The first kappa shape index (κ1) is 21.3. The maximum absolute atomic E-state index is 11.9. The van der Waals surface area contributed by atoms with Crippen LogP contribution in [-0.4, -0.2) is 48.2 Å². The van der Waals surface area contributed by atoms with Crippen LogP contribution in [0.4, 0.5) is 0 Å². The lowest BCUT2D eigenvalue weighted by atomic mass is 9.92. The molecule has 0 bridgehead atoms. The van der Waals surface area contributed by atoms with E-state index in [2.05, 4.69) is 15.0 Å². The van der Waals surface area contributed by atoms with Gasteiger partial charge in [-0.15, -0.1) is 0 Å². The molecule has 33 heavy (non-hydrogen) atoms. The summed E-state index contributed by atoms with van der Waals surface area (Å²) in [4.78, 5) is 48.3. The summed E-state index contributed by atoms with van der Waals surface area (Å²) in [7, 11) is 0. The largest absolute Gasteiger partial charge is 0.478 e. The Morgan fingerprint density at radius 2 is 1.21 bits per heavy atom. The van der Waals surface area contributed by atoms with Crippen molar-refractivity contribution in [3.05, 3.63) is 89.7 Å². The molecule has 0 atom stereocenters. The highest BCUT2D eigenvalue weighted by molar-refractivity contribution is 6.07. The van der Waals surface area contributed by atoms with Crippen LogP contribution >= 0.6 is 0 Å². The van der Waals surface area contributed by atoms with Gasteiger partial charge in [-0.1, -0.05) is 12.1 Å². The monoisotopic (exact) mass is 441 g/mol. The molecule has 0 spiro atoms. The Morgan fingerprint density at radius 3 is 1.79 bits per heavy atom. The summed E-state index contributed by atoms with van der Waals surface area (Å²) in [5.74, 6) is -4.34. The normalized spacial score (nSPS) is 10.5. The van der Waals surface area contributed by atoms with Crippen molar-refractivity contribution in [3.63, 3.8) is 0 Å². The number of benzene rings is 1. The third-order valence-electron chi connectivity index (χ3n) is 4.83. The minimum Gasteiger partial charge on any atom is -0.478 e.